The van der Waals surface area contributed by atoms with E-state index >= 15 is 0 Å². The third-order valence-corrected chi connectivity index (χ3v) is 4.35. The molecule has 1 aliphatic rings. The van der Waals surface area contributed by atoms with Crippen molar-refractivity contribution in [3.05, 3.63) is 28.8 Å². The molecule has 1 fully saturated rings. The monoisotopic (exact) mass is 280 g/mol. The van der Waals surface area contributed by atoms with E-state index < -0.39 is 0 Å². The molecule has 3 N–H and O–H groups in total. The standard InChI is InChI=1S/C15H21ClN2O/c1-2-10-6-8-11(9-7-10)18-15(19)14-12(16)4-3-5-13(14)17/h3-5,10-11H,2,6-9,17H2,1H3,(H,18,19). The summed E-state index contributed by atoms with van der Waals surface area (Å²) in [4.78, 5) is 12.2. The summed E-state index contributed by atoms with van der Waals surface area (Å²) in [5.41, 5.74) is 6.67. The number of benzene rings is 1. The zero-order chi connectivity index (χ0) is 13.8. The average molecular weight is 281 g/mol. The zero-order valence-electron chi connectivity index (χ0n) is 11.3. The summed E-state index contributed by atoms with van der Waals surface area (Å²) in [6.07, 6.45) is 5.72. The molecule has 4 heteroatoms. The minimum Gasteiger partial charge on any atom is -0.398 e. The molecule has 0 radical (unpaired) electrons. The van der Waals surface area contributed by atoms with Gasteiger partial charge in [-0.2, -0.15) is 0 Å². The third kappa shape index (κ3) is 3.41. The zero-order valence-corrected chi connectivity index (χ0v) is 12.0. The van der Waals surface area contributed by atoms with Crippen LogP contribution in [0.15, 0.2) is 18.2 Å². The lowest BCUT2D eigenvalue weighted by Crippen LogP contribution is -2.38. The van der Waals surface area contributed by atoms with Gasteiger partial charge in [-0.1, -0.05) is 31.0 Å². The summed E-state index contributed by atoms with van der Waals surface area (Å²) in [6, 6.07) is 5.40. The predicted octanol–water partition coefficient (Wildman–Crippen LogP) is 3.62. The lowest BCUT2D eigenvalue weighted by Gasteiger charge is -2.28. The Hall–Kier alpha value is -1.22. The number of amides is 1. The van der Waals surface area contributed by atoms with E-state index in [0.29, 0.717) is 16.3 Å². The van der Waals surface area contributed by atoms with Gasteiger partial charge in [-0.15, -0.1) is 0 Å². The van der Waals surface area contributed by atoms with Crippen LogP contribution in [0.3, 0.4) is 0 Å². The molecule has 1 aromatic rings. The summed E-state index contributed by atoms with van der Waals surface area (Å²) in [6.45, 7) is 2.23. The molecule has 0 heterocycles. The van der Waals surface area contributed by atoms with Gasteiger partial charge in [-0.25, -0.2) is 0 Å². The molecule has 19 heavy (non-hydrogen) atoms. The van der Waals surface area contributed by atoms with E-state index in [2.05, 4.69) is 12.2 Å². The maximum Gasteiger partial charge on any atom is 0.255 e. The molecule has 0 aromatic heterocycles. The van der Waals surface area contributed by atoms with E-state index in [1.807, 2.05) is 0 Å². The van der Waals surface area contributed by atoms with Crippen LogP contribution in [0.25, 0.3) is 0 Å². The van der Waals surface area contributed by atoms with Crippen LogP contribution in [0.5, 0.6) is 0 Å². The van der Waals surface area contributed by atoms with E-state index in [-0.39, 0.29) is 11.9 Å². The summed E-state index contributed by atoms with van der Waals surface area (Å²) < 4.78 is 0. The van der Waals surface area contributed by atoms with Crippen LogP contribution in [-0.4, -0.2) is 11.9 Å². The van der Waals surface area contributed by atoms with Crippen LogP contribution >= 0.6 is 11.6 Å². The molecule has 1 aliphatic carbocycles. The number of nitrogen functional groups attached to an aromatic ring is 1. The van der Waals surface area contributed by atoms with Gasteiger partial charge in [-0.3, -0.25) is 4.79 Å². The minimum atomic E-state index is -0.150. The van der Waals surface area contributed by atoms with Crippen molar-refractivity contribution in [2.24, 2.45) is 5.92 Å². The first-order valence-electron chi connectivity index (χ1n) is 6.96. The summed E-state index contributed by atoms with van der Waals surface area (Å²) in [7, 11) is 0. The smallest absolute Gasteiger partial charge is 0.255 e. The third-order valence-electron chi connectivity index (χ3n) is 4.03. The molecule has 2 rings (SSSR count). The fraction of sp³-hybridized carbons (Fsp3) is 0.533. The molecule has 0 atom stereocenters. The first-order chi connectivity index (χ1) is 9.11. The first kappa shape index (κ1) is 14.2. The highest BCUT2D eigenvalue weighted by Crippen LogP contribution is 2.27. The van der Waals surface area contributed by atoms with Crippen LogP contribution in [0.1, 0.15) is 49.4 Å². The Morgan fingerprint density at radius 3 is 2.63 bits per heavy atom. The van der Waals surface area contributed by atoms with E-state index in [0.717, 1.165) is 18.8 Å². The highest BCUT2D eigenvalue weighted by Gasteiger charge is 2.23. The molecule has 104 valence electrons. The fourth-order valence-electron chi connectivity index (χ4n) is 2.75. The average Bonchev–Trinajstić information content (AvgIpc) is 2.39. The van der Waals surface area contributed by atoms with Gasteiger partial charge < -0.3 is 11.1 Å². The Kier molecular flexibility index (Phi) is 4.70. The van der Waals surface area contributed by atoms with E-state index in [1.165, 1.54) is 19.3 Å². The Morgan fingerprint density at radius 1 is 1.37 bits per heavy atom. The van der Waals surface area contributed by atoms with Crippen LogP contribution in [0.2, 0.25) is 5.02 Å². The van der Waals surface area contributed by atoms with Gasteiger partial charge in [0, 0.05) is 11.7 Å². The van der Waals surface area contributed by atoms with Gasteiger partial charge in [-0.05, 0) is 43.7 Å². The Labute approximate surface area is 119 Å². The van der Waals surface area contributed by atoms with Crippen molar-refractivity contribution in [2.45, 2.75) is 45.1 Å². The number of anilines is 1. The quantitative estimate of drug-likeness (QED) is 0.831. The van der Waals surface area contributed by atoms with Crippen LogP contribution < -0.4 is 11.1 Å². The number of nitrogens with two attached hydrogens (primary N) is 1. The van der Waals surface area contributed by atoms with Crippen molar-refractivity contribution in [3.63, 3.8) is 0 Å². The van der Waals surface area contributed by atoms with Gasteiger partial charge in [0.05, 0.1) is 10.6 Å². The molecular formula is C15H21ClN2O. The van der Waals surface area contributed by atoms with Crippen molar-refractivity contribution in [3.8, 4) is 0 Å². The van der Waals surface area contributed by atoms with Crippen molar-refractivity contribution >= 4 is 23.2 Å². The SMILES string of the molecule is CCC1CCC(NC(=O)c2c(N)cccc2Cl)CC1. The highest BCUT2D eigenvalue weighted by atomic mass is 35.5. The van der Waals surface area contributed by atoms with Crippen LogP contribution in [0.4, 0.5) is 5.69 Å². The number of halogens is 1. The highest BCUT2D eigenvalue weighted by molar-refractivity contribution is 6.34. The van der Waals surface area contributed by atoms with Gasteiger partial charge >= 0.3 is 0 Å². The van der Waals surface area contributed by atoms with Crippen LogP contribution in [-0.2, 0) is 0 Å². The second kappa shape index (κ2) is 6.29. The molecule has 3 nitrogen and oxygen atoms in total. The van der Waals surface area contributed by atoms with Crippen LogP contribution in [0, 0.1) is 5.92 Å². The maximum absolute atomic E-state index is 12.2. The number of carbonyl (C=O) groups is 1. The first-order valence-corrected chi connectivity index (χ1v) is 7.34. The van der Waals surface area contributed by atoms with Crippen molar-refractivity contribution in [1.29, 1.82) is 0 Å². The molecule has 1 aromatic carbocycles. The second-order valence-electron chi connectivity index (χ2n) is 5.30. The van der Waals surface area contributed by atoms with Crippen molar-refractivity contribution in [2.75, 3.05) is 5.73 Å². The normalized spacial score (nSPS) is 23.1. The van der Waals surface area contributed by atoms with E-state index in [9.17, 15) is 4.79 Å². The molecule has 0 unspecified atom stereocenters. The lowest BCUT2D eigenvalue weighted by atomic mass is 9.84. The number of hydrogen-bond acceptors (Lipinski definition) is 2. The minimum absolute atomic E-state index is 0.150. The van der Waals surface area contributed by atoms with Gasteiger partial charge in [0.2, 0.25) is 0 Å². The molecule has 0 bridgehead atoms. The van der Waals surface area contributed by atoms with Crippen molar-refractivity contribution < 1.29 is 4.79 Å². The fourth-order valence-corrected chi connectivity index (χ4v) is 3.02. The van der Waals surface area contributed by atoms with Gasteiger partial charge in [0.25, 0.3) is 5.91 Å². The van der Waals surface area contributed by atoms with Gasteiger partial charge in [0.15, 0.2) is 0 Å². The van der Waals surface area contributed by atoms with E-state index in [4.69, 9.17) is 17.3 Å². The number of carbonyl (C=O) groups excluding carboxylic acids is 1. The van der Waals surface area contributed by atoms with E-state index in [1.54, 1.807) is 18.2 Å². The predicted molar refractivity (Wildman–Crippen MR) is 79.4 cm³/mol. The number of rotatable bonds is 3. The topological polar surface area (TPSA) is 55.1 Å². The molecular weight excluding hydrogens is 260 g/mol. The summed E-state index contributed by atoms with van der Waals surface area (Å²) in [5.74, 6) is 0.668. The lowest BCUT2D eigenvalue weighted by molar-refractivity contribution is 0.0922. The Balaban J connectivity index is 1.98. The summed E-state index contributed by atoms with van der Waals surface area (Å²) in [5, 5.41) is 3.47. The largest absolute Gasteiger partial charge is 0.398 e. The maximum atomic E-state index is 12.2. The molecule has 1 amide bonds. The second-order valence-corrected chi connectivity index (χ2v) is 5.71. The Bertz CT molecular complexity index is 433. The number of nitrogens with one attached hydrogen (secondary N) is 1. The Morgan fingerprint density at radius 2 is 2.05 bits per heavy atom. The van der Waals surface area contributed by atoms with Crippen molar-refractivity contribution in [1.82, 2.24) is 5.32 Å². The van der Waals surface area contributed by atoms with Gasteiger partial charge in [0.1, 0.15) is 0 Å². The molecule has 0 aliphatic heterocycles. The number of hydrogen-bond donors (Lipinski definition) is 2. The molecule has 0 spiro atoms. The molecule has 0 saturated heterocycles. The summed E-state index contributed by atoms with van der Waals surface area (Å²) >= 11 is 6.05. The molecule has 1 saturated carbocycles.